The molecule has 0 aliphatic heterocycles. The Morgan fingerprint density at radius 3 is 1.74 bits per heavy atom. The summed E-state index contributed by atoms with van der Waals surface area (Å²) in [4.78, 5) is 4.91. The lowest BCUT2D eigenvalue weighted by Crippen LogP contribution is -1.96. The monoisotopic (exact) mass is 483 g/mol. The van der Waals surface area contributed by atoms with Crippen molar-refractivity contribution < 1.29 is 0 Å². The van der Waals surface area contributed by atoms with Crippen LogP contribution in [0.4, 0.5) is 0 Å². The van der Waals surface area contributed by atoms with E-state index in [2.05, 4.69) is 130 Å². The van der Waals surface area contributed by atoms with Gasteiger partial charge >= 0.3 is 0 Å². The fourth-order valence-corrected chi connectivity index (χ4v) is 6.43. The van der Waals surface area contributed by atoms with Gasteiger partial charge in [-0.3, -0.25) is 4.40 Å². The first-order chi connectivity index (χ1) is 18.8. The van der Waals surface area contributed by atoms with Crippen LogP contribution in [0.1, 0.15) is 0 Å². The highest BCUT2D eigenvalue weighted by Gasteiger charge is 2.16. The maximum absolute atomic E-state index is 4.91. The summed E-state index contributed by atoms with van der Waals surface area (Å²) in [6.45, 7) is 0. The minimum atomic E-state index is 0.970. The Hall–Kier alpha value is -5.15. The van der Waals surface area contributed by atoms with Crippen LogP contribution in [0, 0.1) is 0 Å². The van der Waals surface area contributed by atoms with E-state index >= 15 is 0 Å². The van der Waals surface area contributed by atoms with Gasteiger partial charge in [-0.15, -0.1) is 0 Å². The third-order valence-electron chi connectivity index (χ3n) is 8.09. The Morgan fingerprint density at radius 1 is 0.421 bits per heavy atom. The Kier molecular flexibility index (Phi) is 3.79. The first-order valence-electron chi connectivity index (χ1n) is 13.0. The van der Waals surface area contributed by atoms with Crippen molar-refractivity contribution in [2.45, 2.75) is 0 Å². The quantitative estimate of drug-likeness (QED) is 0.214. The van der Waals surface area contributed by atoms with Crippen molar-refractivity contribution in [1.29, 1.82) is 0 Å². The molecule has 3 heterocycles. The molecule has 176 valence electrons. The van der Waals surface area contributed by atoms with Crippen molar-refractivity contribution in [3.05, 3.63) is 128 Å². The van der Waals surface area contributed by atoms with E-state index in [1.54, 1.807) is 0 Å². The number of nitrogens with zero attached hydrogens (tertiary/aromatic N) is 3. The van der Waals surface area contributed by atoms with Crippen LogP contribution in [-0.2, 0) is 0 Å². The van der Waals surface area contributed by atoms with Crippen molar-refractivity contribution >= 4 is 70.8 Å². The van der Waals surface area contributed by atoms with Gasteiger partial charge in [-0.05, 0) is 68.7 Å². The van der Waals surface area contributed by atoms with Crippen molar-refractivity contribution in [2.24, 2.45) is 0 Å². The fraction of sp³-hybridized carbons (Fsp3) is 0. The maximum Gasteiger partial charge on any atom is 0.138 e. The molecule has 0 bridgehead atoms. The smallest absolute Gasteiger partial charge is 0.138 e. The summed E-state index contributed by atoms with van der Waals surface area (Å²) in [7, 11) is 0. The van der Waals surface area contributed by atoms with E-state index in [1.807, 2.05) is 6.07 Å². The Bertz CT molecular complexity index is 2370. The van der Waals surface area contributed by atoms with Crippen molar-refractivity contribution in [1.82, 2.24) is 14.0 Å². The number of rotatable bonds is 1. The van der Waals surface area contributed by atoms with Crippen LogP contribution in [-0.4, -0.2) is 14.0 Å². The zero-order valence-electron chi connectivity index (χ0n) is 20.5. The molecule has 9 aromatic rings. The normalized spacial score (nSPS) is 12.2. The first kappa shape index (κ1) is 20.0. The molecule has 0 amide bonds. The Labute approximate surface area is 217 Å². The van der Waals surface area contributed by atoms with Gasteiger partial charge in [0.25, 0.3) is 0 Å². The van der Waals surface area contributed by atoms with Gasteiger partial charge in [0.15, 0.2) is 0 Å². The number of hydrogen-bond acceptors (Lipinski definition) is 1. The average molecular weight is 484 g/mol. The van der Waals surface area contributed by atoms with Crippen LogP contribution in [0.5, 0.6) is 0 Å². The third-order valence-corrected chi connectivity index (χ3v) is 8.09. The standard InChI is InChI=1S/C35H21N3/c1-2-11-25-23(9-1)24-10-3-4-12-26(24)29-19-22(17-18-27(25)29)38-32-15-7-5-13-28(32)30-20-35-36-31-14-6-8-16-33(31)37(35)21-34(30)38/h1-21H. The van der Waals surface area contributed by atoms with Crippen molar-refractivity contribution in [2.75, 3.05) is 0 Å². The van der Waals surface area contributed by atoms with E-state index in [1.165, 1.54) is 54.1 Å². The fourth-order valence-electron chi connectivity index (χ4n) is 6.43. The van der Waals surface area contributed by atoms with E-state index in [0.29, 0.717) is 0 Å². The lowest BCUT2D eigenvalue weighted by molar-refractivity contribution is 1.15. The Balaban J connectivity index is 1.44. The van der Waals surface area contributed by atoms with Gasteiger partial charge in [0.1, 0.15) is 5.65 Å². The lowest BCUT2D eigenvalue weighted by atomic mass is 9.94. The summed E-state index contributed by atoms with van der Waals surface area (Å²) in [5.41, 5.74) is 6.64. The molecule has 0 fully saturated rings. The summed E-state index contributed by atoms with van der Waals surface area (Å²) in [5, 5.41) is 10.2. The molecule has 3 heteroatoms. The van der Waals surface area contributed by atoms with Crippen LogP contribution in [0.25, 0.3) is 76.5 Å². The molecular weight excluding hydrogens is 462 g/mol. The van der Waals surface area contributed by atoms with Gasteiger partial charge < -0.3 is 4.57 Å². The van der Waals surface area contributed by atoms with Gasteiger partial charge in [-0.1, -0.05) is 84.9 Å². The second-order valence-electron chi connectivity index (χ2n) is 10.1. The molecule has 0 unspecified atom stereocenters. The maximum atomic E-state index is 4.91. The number of hydrogen-bond donors (Lipinski definition) is 0. The highest BCUT2D eigenvalue weighted by molar-refractivity contribution is 6.25. The summed E-state index contributed by atoms with van der Waals surface area (Å²) in [5.74, 6) is 0. The molecule has 0 aliphatic carbocycles. The molecule has 3 nitrogen and oxygen atoms in total. The van der Waals surface area contributed by atoms with E-state index in [4.69, 9.17) is 4.98 Å². The third kappa shape index (κ3) is 2.55. The van der Waals surface area contributed by atoms with Crippen LogP contribution in [0.3, 0.4) is 0 Å². The predicted molar refractivity (Wildman–Crippen MR) is 160 cm³/mol. The zero-order valence-corrected chi connectivity index (χ0v) is 20.5. The average Bonchev–Trinajstić information content (AvgIpc) is 3.51. The van der Waals surface area contributed by atoms with Gasteiger partial charge in [0.05, 0.1) is 22.1 Å². The molecule has 0 saturated heterocycles. The first-order valence-corrected chi connectivity index (χ1v) is 13.0. The van der Waals surface area contributed by atoms with Crippen LogP contribution >= 0.6 is 0 Å². The predicted octanol–water partition coefficient (Wildman–Crippen LogP) is 9.04. The molecule has 0 spiro atoms. The summed E-state index contributed by atoms with van der Waals surface area (Å²) in [6.07, 6.45) is 2.25. The number of pyridine rings is 1. The Morgan fingerprint density at radius 2 is 1.00 bits per heavy atom. The summed E-state index contributed by atoms with van der Waals surface area (Å²) >= 11 is 0. The van der Waals surface area contributed by atoms with Crippen LogP contribution < -0.4 is 0 Å². The summed E-state index contributed by atoms with van der Waals surface area (Å²) in [6, 6.07) is 43.7. The molecule has 0 atom stereocenters. The number of aromatic nitrogens is 3. The van der Waals surface area contributed by atoms with E-state index < -0.39 is 0 Å². The topological polar surface area (TPSA) is 22.2 Å². The SMILES string of the molecule is c1ccc2c(c1)nc1cc3c4ccccc4n(-c4ccc5c6ccccc6c6ccccc6c5c4)c3cn12. The zero-order chi connectivity index (χ0) is 24.8. The number of benzene rings is 6. The molecule has 0 N–H and O–H groups in total. The summed E-state index contributed by atoms with van der Waals surface area (Å²) < 4.78 is 4.62. The molecular formula is C35H21N3. The van der Waals surface area contributed by atoms with Gasteiger partial charge in [0.2, 0.25) is 0 Å². The van der Waals surface area contributed by atoms with Gasteiger partial charge in [-0.2, -0.15) is 0 Å². The highest BCUT2D eigenvalue weighted by Crippen LogP contribution is 2.38. The van der Waals surface area contributed by atoms with E-state index in [0.717, 1.165) is 22.4 Å². The van der Waals surface area contributed by atoms with Gasteiger partial charge in [-0.25, -0.2) is 4.98 Å². The molecule has 6 aromatic carbocycles. The van der Waals surface area contributed by atoms with Crippen molar-refractivity contribution in [3.63, 3.8) is 0 Å². The molecule has 9 rings (SSSR count). The minimum absolute atomic E-state index is 0.970. The second kappa shape index (κ2) is 7.21. The van der Waals surface area contributed by atoms with Gasteiger partial charge in [0, 0.05) is 22.7 Å². The molecule has 0 saturated carbocycles. The van der Waals surface area contributed by atoms with Crippen LogP contribution in [0.2, 0.25) is 0 Å². The molecule has 3 aromatic heterocycles. The highest BCUT2D eigenvalue weighted by atomic mass is 15.0. The van der Waals surface area contributed by atoms with E-state index in [9.17, 15) is 0 Å². The molecule has 0 aliphatic rings. The van der Waals surface area contributed by atoms with Crippen LogP contribution in [0.15, 0.2) is 128 Å². The van der Waals surface area contributed by atoms with Crippen molar-refractivity contribution in [3.8, 4) is 5.69 Å². The number of para-hydroxylation sites is 3. The molecule has 38 heavy (non-hydrogen) atoms. The lowest BCUT2D eigenvalue weighted by Gasteiger charge is -2.14. The minimum Gasteiger partial charge on any atom is -0.308 e. The largest absolute Gasteiger partial charge is 0.308 e. The van der Waals surface area contributed by atoms with E-state index in [-0.39, 0.29) is 0 Å². The number of fused-ring (bicyclic) bond motifs is 12. The molecule has 0 radical (unpaired) electrons. The second-order valence-corrected chi connectivity index (χ2v) is 10.1. The number of imidazole rings is 1.